The second kappa shape index (κ2) is 11.8. The van der Waals surface area contributed by atoms with Crippen LogP contribution in [0.5, 0.6) is 0 Å². The molecular weight excluding hydrogens is 544 g/mol. The Labute approximate surface area is 268 Å². The molecule has 0 aromatic rings. The monoisotopic (exact) mass is 608 g/mol. The zero-order chi connectivity index (χ0) is 29.5. The van der Waals surface area contributed by atoms with E-state index in [0.717, 1.165) is 83.9 Å². The highest BCUT2D eigenvalue weighted by atomic mass is 17.2. The lowest BCUT2D eigenvalue weighted by molar-refractivity contribution is -0.312. The van der Waals surface area contributed by atoms with E-state index in [9.17, 15) is 5.26 Å². The third-order valence-electron chi connectivity index (χ3n) is 18.0. The SMILES string of the molecule is COOC1CCC(C2(C3CCC(C4(C5CCC(OO)CC5)C5CCCC5C5CCC54)CC3)C3CCCC3C3CCCC32)CC1. The fraction of sp³-hybridized carbons (Fsp3) is 1.00. The van der Waals surface area contributed by atoms with E-state index in [2.05, 4.69) is 0 Å². The molecule has 0 bridgehead atoms. The molecular formula is C40H64O4. The molecule has 4 heteroatoms. The van der Waals surface area contributed by atoms with Gasteiger partial charge < -0.3 is 0 Å². The van der Waals surface area contributed by atoms with Gasteiger partial charge in [-0.1, -0.05) is 19.3 Å². The molecule has 0 radical (unpaired) electrons. The predicted molar refractivity (Wildman–Crippen MR) is 172 cm³/mol. The third kappa shape index (κ3) is 4.14. The van der Waals surface area contributed by atoms with Crippen molar-refractivity contribution in [2.24, 2.45) is 81.8 Å². The van der Waals surface area contributed by atoms with Gasteiger partial charge in [0.1, 0.15) is 0 Å². The molecule has 248 valence electrons. The summed E-state index contributed by atoms with van der Waals surface area (Å²) >= 11 is 0. The van der Waals surface area contributed by atoms with Crippen LogP contribution in [0.3, 0.4) is 0 Å². The number of hydrogen-bond acceptors (Lipinski definition) is 4. The van der Waals surface area contributed by atoms with Crippen LogP contribution >= 0.6 is 0 Å². The van der Waals surface area contributed by atoms with E-state index in [1.54, 1.807) is 71.3 Å². The molecule has 9 atom stereocenters. The predicted octanol–water partition coefficient (Wildman–Crippen LogP) is 10.3. The van der Waals surface area contributed by atoms with Crippen molar-refractivity contribution in [2.45, 2.75) is 160 Å². The van der Waals surface area contributed by atoms with Crippen LogP contribution in [0.15, 0.2) is 0 Å². The van der Waals surface area contributed by atoms with Gasteiger partial charge in [0, 0.05) is 0 Å². The van der Waals surface area contributed by atoms with Gasteiger partial charge in [-0.2, -0.15) is 0 Å². The zero-order valence-electron chi connectivity index (χ0n) is 28.0. The van der Waals surface area contributed by atoms with Gasteiger partial charge in [0.15, 0.2) is 0 Å². The van der Waals surface area contributed by atoms with Crippen LogP contribution < -0.4 is 0 Å². The van der Waals surface area contributed by atoms with E-state index >= 15 is 0 Å². The van der Waals surface area contributed by atoms with Crippen LogP contribution in [-0.4, -0.2) is 24.6 Å². The maximum atomic E-state index is 9.53. The molecule has 0 amide bonds. The second-order valence-electron chi connectivity index (χ2n) is 18.3. The van der Waals surface area contributed by atoms with E-state index in [1.807, 2.05) is 0 Å². The van der Waals surface area contributed by atoms with Gasteiger partial charge in [-0.25, -0.2) is 14.7 Å². The topological polar surface area (TPSA) is 47.9 Å². The Balaban J connectivity index is 1.02. The molecule has 0 aliphatic heterocycles. The van der Waals surface area contributed by atoms with Crippen molar-refractivity contribution >= 4 is 0 Å². The van der Waals surface area contributed by atoms with Crippen LogP contribution in [-0.2, 0) is 14.7 Å². The summed E-state index contributed by atoms with van der Waals surface area (Å²) in [6, 6.07) is 0. The minimum atomic E-state index is 0.0994. The first kappa shape index (κ1) is 29.9. The van der Waals surface area contributed by atoms with Gasteiger partial charge >= 0.3 is 0 Å². The highest BCUT2D eigenvalue weighted by Gasteiger charge is 2.70. The van der Waals surface area contributed by atoms with E-state index in [1.165, 1.54) is 70.6 Å². The van der Waals surface area contributed by atoms with Crippen molar-refractivity contribution < 1.29 is 19.9 Å². The lowest BCUT2D eigenvalue weighted by atomic mass is 9.45. The number of rotatable bonds is 7. The first-order valence-electron chi connectivity index (χ1n) is 20.2. The largest absolute Gasteiger partial charge is 0.252 e. The van der Waals surface area contributed by atoms with Crippen molar-refractivity contribution in [3.8, 4) is 0 Å². The molecule has 44 heavy (non-hydrogen) atoms. The number of hydrogen-bond donors (Lipinski definition) is 1. The third-order valence-corrected chi connectivity index (χ3v) is 18.0. The Bertz CT molecular complexity index is 985. The summed E-state index contributed by atoms with van der Waals surface area (Å²) in [4.78, 5) is 15.9. The molecule has 0 saturated heterocycles. The van der Waals surface area contributed by atoms with Crippen molar-refractivity contribution in [3.63, 3.8) is 0 Å². The Morgan fingerprint density at radius 2 is 0.773 bits per heavy atom. The summed E-state index contributed by atoms with van der Waals surface area (Å²) in [6.45, 7) is 0. The Kier molecular flexibility index (Phi) is 8.01. The van der Waals surface area contributed by atoms with Gasteiger partial charge in [-0.3, -0.25) is 5.26 Å². The average Bonchev–Trinajstić information content (AvgIpc) is 3.86. The average molecular weight is 609 g/mol. The van der Waals surface area contributed by atoms with Crippen molar-refractivity contribution in [2.75, 3.05) is 7.11 Å². The van der Waals surface area contributed by atoms with Crippen molar-refractivity contribution in [1.82, 2.24) is 0 Å². The quantitative estimate of drug-likeness (QED) is 0.231. The fourth-order valence-corrected chi connectivity index (χ4v) is 17.2. The summed E-state index contributed by atoms with van der Waals surface area (Å²) in [6.07, 6.45) is 33.6. The molecule has 9 fully saturated rings. The summed E-state index contributed by atoms with van der Waals surface area (Å²) < 4.78 is 0. The summed E-state index contributed by atoms with van der Waals surface area (Å²) in [5.41, 5.74) is 1.26. The van der Waals surface area contributed by atoms with Crippen LogP contribution in [0.1, 0.15) is 148 Å². The molecule has 4 nitrogen and oxygen atoms in total. The van der Waals surface area contributed by atoms with Crippen LogP contribution in [0.25, 0.3) is 0 Å². The maximum Gasteiger partial charge on any atom is 0.0930 e. The Morgan fingerprint density at radius 3 is 1.14 bits per heavy atom. The Morgan fingerprint density at radius 1 is 0.409 bits per heavy atom. The van der Waals surface area contributed by atoms with Crippen LogP contribution in [0.4, 0.5) is 0 Å². The van der Waals surface area contributed by atoms with Gasteiger partial charge in [-0.15, -0.1) is 0 Å². The molecule has 9 saturated carbocycles. The van der Waals surface area contributed by atoms with E-state index in [-0.39, 0.29) is 6.10 Å². The van der Waals surface area contributed by atoms with Gasteiger partial charge in [0.05, 0.1) is 19.3 Å². The Hall–Kier alpha value is -0.160. The first-order chi connectivity index (χ1) is 21.7. The number of fused-ring (bicyclic) bond motifs is 6. The molecule has 0 aromatic heterocycles. The van der Waals surface area contributed by atoms with Crippen molar-refractivity contribution in [1.29, 1.82) is 0 Å². The van der Waals surface area contributed by atoms with E-state index in [0.29, 0.717) is 16.9 Å². The van der Waals surface area contributed by atoms with Gasteiger partial charge in [0.2, 0.25) is 0 Å². The van der Waals surface area contributed by atoms with E-state index in [4.69, 9.17) is 14.7 Å². The summed E-state index contributed by atoms with van der Waals surface area (Å²) in [7, 11) is 1.71. The molecule has 0 heterocycles. The molecule has 9 rings (SSSR count). The first-order valence-corrected chi connectivity index (χ1v) is 20.2. The maximum absolute atomic E-state index is 9.53. The van der Waals surface area contributed by atoms with E-state index < -0.39 is 0 Å². The smallest absolute Gasteiger partial charge is 0.0930 e. The highest BCUT2D eigenvalue weighted by Crippen LogP contribution is 2.77. The zero-order valence-corrected chi connectivity index (χ0v) is 28.0. The van der Waals surface area contributed by atoms with Crippen LogP contribution in [0, 0.1) is 81.8 Å². The molecule has 9 aliphatic carbocycles. The summed E-state index contributed by atoms with van der Waals surface area (Å²) in [5, 5.41) is 9.53. The van der Waals surface area contributed by atoms with Gasteiger partial charge in [0.25, 0.3) is 0 Å². The second-order valence-corrected chi connectivity index (χ2v) is 18.3. The standard InChI is InChI=1S/C40H64O4/c1-42-44-30-21-17-28(18-22-30)39(35-8-2-5-31(35)32-6-3-9-36(32)39)25-11-13-26(14-12-25)40(27-15-19-29(43-41)20-16-27)37-10-4-7-33(37)34-23-24-38(34)40/h25-38,41H,2-24H2,1H3. The minimum Gasteiger partial charge on any atom is -0.252 e. The minimum absolute atomic E-state index is 0.0994. The molecule has 1 N–H and O–H groups in total. The van der Waals surface area contributed by atoms with Gasteiger partial charge in [-0.05, 0) is 210 Å². The fourth-order valence-electron chi connectivity index (χ4n) is 17.2. The molecule has 9 unspecified atom stereocenters. The molecule has 0 spiro atoms. The van der Waals surface area contributed by atoms with Crippen molar-refractivity contribution in [3.05, 3.63) is 0 Å². The molecule has 0 aromatic carbocycles. The highest BCUT2D eigenvalue weighted by molar-refractivity contribution is 5.19. The van der Waals surface area contributed by atoms with Crippen LogP contribution in [0.2, 0.25) is 0 Å². The normalized spacial score (nSPS) is 56.6. The lowest BCUT2D eigenvalue weighted by Crippen LogP contribution is -2.53. The lowest BCUT2D eigenvalue weighted by Gasteiger charge is -2.60. The molecule has 9 aliphatic rings. The summed E-state index contributed by atoms with van der Waals surface area (Å²) in [5.74, 6) is 12.2.